The molecule has 4 aliphatic rings. The molecule has 0 bridgehead atoms. The minimum atomic E-state index is 0.115. The molecular formula is C42H72O5. The van der Waals surface area contributed by atoms with Crippen LogP contribution in [-0.2, 0) is 14.3 Å². The van der Waals surface area contributed by atoms with E-state index in [-0.39, 0.29) is 6.61 Å². The lowest BCUT2D eigenvalue weighted by atomic mass is 9.62. The van der Waals surface area contributed by atoms with Crippen LogP contribution in [0, 0.1) is 47.3 Å². The van der Waals surface area contributed by atoms with E-state index in [2.05, 4.69) is 38.3 Å². The Hall–Kier alpha value is -1.82. The summed E-state index contributed by atoms with van der Waals surface area (Å²) in [5.41, 5.74) is 3.17. The summed E-state index contributed by atoms with van der Waals surface area (Å²) in [6.07, 6.45) is 33.7. The number of carbonyl (C=O) groups is 2. The zero-order valence-electron chi connectivity index (χ0n) is 30.8. The van der Waals surface area contributed by atoms with E-state index in [1.165, 1.54) is 109 Å². The van der Waals surface area contributed by atoms with Gasteiger partial charge in [-0.05, 0) is 143 Å². The summed E-state index contributed by atoms with van der Waals surface area (Å²) in [5.74, 6) is 7.14. The molecule has 0 amide bonds. The summed E-state index contributed by atoms with van der Waals surface area (Å²) in [4.78, 5) is 17.4. The molecule has 0 aromatic carbocycles. The van der Waals surface area contributed by atoms with Gasteiger partial charge in [-0.15, -0.1) is 0 Å². The van der Waals surface area contributed by atoms with Crippen LogP contribution in [-0.4, -0.2) is 50.7 Å². The zero-order chi connectivity index (χ0) is 35.0. The van der Waals surface area contributed by atoms with Crippen LogP contribution in [0.4, 0.5) is 0 Å². The van der Waals surface area contributed by atoms with Crippen molar-refractivity contribution in [1.82, 2.24) is 0 Å². The first-order chi connectivity index (χ1) is 22.9. The third-order valence-electron chi connectivity index (χ3n) is 11.5. The van der Waals surface area contributed by atoms with Crippen molar-refractivity contribution >= 4 is 13.1 Å². The van der Waals surface area contributed by atoms with Crippen LogP contribution >= 0.6 is 0 Å². The van der Waals surface area contributed by atoms with Crippen molar-refractivity contribution in [2.45, 2.75) is 129 Å². The summed E-state index contributed by atoms with van der Waals surface area (Å²) < 4.78 is 5.46. The monoisotopic (exact) mass is 657 g/mol. The second kappa shape index (κ2) is 26.1. The normalized spacial score (nSPS) is 28.7. The van der Waals surface area contributed by atoms with Crippen molar-refractivity contribution in [2.24, 2.45) is 47.3 Å². The number of carbonyl (C=O) groups excluding carboxylic acids is 2. The average Bonchev–Trinajstić information content (AvgIpc) is 3.12. The Labute approximate surface area is 289 Å². The molecule has 270 valence electrons. The Morgan fingerprint density at radius 1 is 0.915 bits per heavy atom. The number of methoxy groups -OCH3 is 1. The predicted molar refractivity (Wildman–Crippen MR) is 198 cm³/mol. The van der Waals surface area contributed by atoms with E-state index < -0.39 is 0 Å². The number of unbranched alkanes of at least 4 members (excludes halogenated alkanes) is 2. The molecule has 0 saturated heterocycles. The van der Waals surface area contributed by atoms with Crippen LogP contribution < -0.4 is 0 Å². The van der Waals surface area contributed by atoms with Gasteiger partial charge in [-0.3, -0.25) is 4.79 Å². The van der Waals surface area contributed by atoms with E-state index in [4.69, 9.17) is 14.6 Å². The van der Waals surface area contributed by atoms with Crippen molar-refractivity contribution in [1.29, 1.82) is 0 Å². The largest absolute Gasteiger partial charge is 0.400 e. The maximum Gasteiger partial charge on any atom is 0.145 e. The second-order valence-corrected chi connectivity index (χ2v) is 14.9. The van der Waals surface area contributed by atoms with E-state index >= 15 is 0 Å². The quantitative estimate of drug-likeness (QED) is 0.0793. The molecule has 4 rings (SSSR count). The van der Waals surface area contributed by atoms with Crippen molar-refractivity contribution in [3.63, 3.8) is 0 Å². The van der Waals surface area contributed by atoms with Crippen LogP contribution in [0.3, 0.4) is 0 Å². The summed E-state index contributed by atoms with van der Waals surface area (Å²) in [7, 11) is 2.80. The molecular weight excluding hydrogens is 584 g/mol. The molecule has 47 heavy (non-hydrogen) atoms. The van der Waals surface area contributed by atoms with Crippen LogP contribution in [0.1, 0.15) is 129 Å². The number of rotatable bonds is 15. The molecule has 0 aliphatic heterocycles. The molecule has 3 fully saturated rings. The van der Waals surface area contributed by atoms with Gasteiger partial charge in [0.2, 0.25) is 0 Å². The van der Waals surface area contributed by atoms with E-state index in [0.717, 1.165) is 73.4 Å². The van der Waals surface area contributed by atoms with Gasteiger partial charge in [-0.1, -0.05) is 81.6 Å². The van der Waals surface area contributed by atoms with Crippen LogP contribution in [0.5, 0.6) is 0 Å². The number of aliphatic hydroxyl groups is 2. The van der Waals surface area contributed by atoms with E-state index in [9.17, 15) is 9.90 Å². The Bertz CT molecular complexity index is 906. The molecule has 5 heteroatoms. The van der Waals surface area contributed by atoms with E-state index in [0.29, 0.717) is 11.5 Å². The fraction of sp³-hybridized carbons (Fsp3) is 0.762. The molecule has 4 unspecified atom stereocenters. The predicted octanol–water partition coefficient (Wildman–Crippen LogP) is 9.87. The lowest BCUT2D eigenvalue weighted by Crippen LogP contribution is -2.32. The smallest absolute Gasteiger partial charge is 0.145 e. The molecule has 0 radical (unpaired) electrons. The molecule has 3 saturated carbocycles. The molecule has 4 atom stereocenters. The minimum absolute atomic E-state index is 0.115. The Morgan fingerprint density at radius 3 is 2.00 bits per heavy atom. The van der Waals surface area contributed by atoms with Gasteiger partial charge in [0.05, 0.1) is 6.61 Å². The summed E-state index contributed by atoms with van der Waals surface area (Å²) in [6.45, 7) is 14.2. The minimum Gasteiger partial charge on any atom is -0.400 e. The standard InChI is InChI=1S/C36H60O2.C4H6O.CH4O.CH2O/c1-4-5-6-7-29-12-15-36-24-35(21-20-34(36)23-29)33-18-16-32(17-19-33)31-13-10-28(11-14-31)8-9-30(26-38-3)22-27(2)25-37;1-4(2)3-5;2*1-2/h12,15,23,28,30-37H,2,4-11,13-14,16-22,24-26H2,1,3H3;3H,1H2,2H3;2H,1H3;1H2. The van der Waals surface area contributed by atoms with Gasteiger partial charge in [0.25, 0.3) is 0 Å². The van der Waals surface area contributed by atoms with Gasteiger partial charge in [0.1, 0.15) is 13.1 Å². The maximum absolute atomic E-state index is 9.41. The second-order valence-electron chi connectivity index (χ2n) is 14.9. The Balaban J connectivity index is 0.00000110. The highest BCUT2D eigenvalue weighted by Crippen LogP contribution is 2.48. The Kier molecular flexibility index (Phi) is 24.0. The van der Waals surface area contributed by atoms with Crippen LogP contribution in [0.25, 0.3) is 0 Å². The first-order valence-electron chi connectivity index (χ1n) is 18.9. The van der Waals surface area contributed by atoms with E-state index in [1.54, 1.807) is 19.6 Å². The van der Waals surface area contributed by atoms with Crippen LogP contribution in [0.15, 0.2) is 48.1 Å². The third-order valence-corrected chi connectivity index (χ3v) is 11.5. The number of hydrogen-bond acceptors (Lipinski definition) is 5. The topological polar surface area (TPSA) is 83.8 Å². The zero-order valence-corrected chi connectivity index (χ0v) is 30.8. The summed E-state index contributed by atoms with van der Waals surface area (Å²) >= 11 is 0. The molecule has 2 N–H and O–H groups in total. The average molecular weight is 657 g/mol. The number of aldehydes is 1. The molecule has 0 aromatic rings. The number of aliphatic hydroxyl groups excluding tert-OH is 2. The number of hydrogen-bond donors (Lipinski definition) is 2. The van der Waals surface area contributed by atoms with E-state index in [1.807, 2.05) is 6.79 Å². The van der Waals surface area contributed by atoms with Gasteiger partial charge in [-0.2, -0.15) is 0 Å². The van der Waals surface area contributed by atoms with Gasteiger partial charge < -0.3 is 19.7 Å². The van der Waals surface area contributed by atoms with Crippen molar-refractivity contribution in [2.75, 3.05) is 27.4 Å². The molecule has 5 nitrogen and oxygen atoms in total. The summed E-state index contributed by atoms with van der Waals surface area (Å²) in [5, 5.41) is 16.4. The first kappa shape index (κ1) is 43.2. The van der Waals surface area contributed by atoms with Crippen LogP contribution in [0.2, 0.25) is 0 Å². The lowest BCUT2D eigenvalue weighted by molar-refractivity contribution is -0.104. The van der Waals surface area contributed by atoms with Gasteiger partial charge in [-0.25, -0.2) is 0 Å². The SMILES string of the molecule is C=C(C)C=O.C=C(CO)CC(CCC1CCC(C2CCC(C3CCC4C=C(CCCCC)C=CC4C3)CC2)CC1)COC.C=O.CO. The maximum atomic E-state index is 9.41. The fourth-order valence-corrected chi connectivity index (χ4v) is 8.90. The highest BCUT2D eigenvalue weighted by molar-refractivity contribution is 5.70. The Morgan fingerprint density at radius 2 is 1.47 bits per heavy atom. The highest BCUT2D eigenvalue weighted by Gasteiger charge is 2.37. The van der Waals surface area contributed by atoms with Crippen molar-refractivity contribution in [3.05, 3.63) is 48.1 Å². The number of ether oxygens (including phenoxy) is 1. The van der Waals surface area contributed by atoms with Gasteiger partial charge in [0, 0.05) is 20.8 Å². The first-order valence-corrected chi connectivity index (χ1v) is 18.9. The van der Waals surface area contributed by atoms with Gasteiger partial charge >= 0.3 is 0 Å². The molecule has 0 spiro atoms. The van der Waals surface area contributed by atoms with Crippen molar-refractivity contribution < 1.29 is 24.5 Å². The fourth-order valence-electron chi connectivity index (χ4n) is 8.90. The molecule has 4 aliphatic carbocycles. The van der Waals surface area contributed by atoms with Crippen molar-refractivity contribution in [3.8, 4) is 0 Å². The lowest BCUT2D eigenvalue weighted by Gasteiger charge is -2.43. The molecule has 0 heterocycles. The highest BCUT2D eigenvalue weighted by atomic mass is 16.5. The number of fused-ring (bicyclic) bond motifs is 1. The molecule has 0 aromatic heterocycles. The summed E-state index contributed by atoms with van der Waals surface area (Å²) in [6, 6.07) is 0. The third kappa shape index (κ3) is 16.4. The number of allylic oxidation sites excluding steroid dienone is 5. The van der Waals surface area contributed by atoms with Gasteiger partial charge in [0.15, 0.2) is 0 Å².